The molecule has 0 aliphatic carbocycles. The number of hydrogen-bond acceptors (Lipinski definition) is 2. The molecule has 0 aromatic heterocycles. The zero-order valence-electron chi connectivity index (χ0n) is 7.68. The lowest BCUT2D eigenvalue weighted by molar-refractivity contribution is 0.0844. The van der Waals surface area contributed by atoms with Crippen molar-refractivity contribution in [2.45, 2.75) is 0 Å². The molecule has 3 heteroatoms. The Morgan fingerprint density at radius 2 is 2.14 bits per heavy atom. The van der Waals surface area contributed by atoms with Crippen molar-refractivity contribution in [2.24, 2.45) is 0 Å². The van der Waals surface area contributed by atoms with Gasteiger partial charge in [-0.2, -0.15) is 5.26 Å². The van der Waals surface area contributed by atoms with Crippen LogP contribution in [0.25, 0.3) is 0 Å². The van der Waals surface area contributed by atoms with Crippen molar-refractivity contribution < 1.29 is 4.79 Å². The molecule has 0 radical (unpaired) electrons. The molecule has 1 amide bonds. The van der Waals surface area contributed by atoms with Gasteiger partial charge in [0, 0.05) is 5.56 Å². The zero-order chi connectivity index (χ0) is 10.4. The molecule has 1 rings (SSSR count). The summed E-state index contributed by atoms with van der Waals surface area (Å²) >= 11 is 0. The van der Waals surface area contributed by atoms with Gasteiger partial charge >= 0.3 is 0 Å². The second kappa shape index (κ2) is 4.83. The standard InChI is InChI=1S/C11H10N2O/c1-2-8-13(9-12)11(14)10-6-4-3-5-7-10/h2-7H,1,8H2. The number of nitrogens with zero attached hydrogens (tertiary/aromatic N) is 2. The molecule has 0 heterocycles. The topological polar surface area (TPSA) is 44.1 Å². The highest BCUT2D eigenvalue weighted by Gasteiger charge is 2.12. The molecule has 0 aliphatic heterocycles. The molecule has 14 heavy (non-hydrogen) atoms. The highest BCUT2D eigenvalue weighted by atomic mass is 16.2. The lowest BCUT2D eigenvalue weighted by atomic mass is 10.2. The first-order valence-electron chi connectivity index (χ1n) is 4.17. The average molecular weight is 186 g/mol. The molecule has 0 unspecified atom stereocenters. The highest BCUT2D eigenvalue weighted by molar-refractivity contribution is 5.95. The molecule has 0 fully saturated rings. The smallest absolute Gasteiger partial charge is 0.267 e. The van der Waals surface area contributed by atoms with Gasteiger partial charge < -0.3 is 0 Å². The van der Waals surface area contributed by atoms with Crippen molar-refractivity contribution in [1.29, 1.82) is 5.26 Å². The van der Waals surface area contributed by atoms with Gasteiger partial charge in [-0.1, -0.05) is 24.3 Å². The summed E-state index contributed by atoms with van der Waals surface area (Å²) in [5.74, 6) is -0.298. The Labute approximate surface area is 82.9 Å². The Kier molecular flexibility index (Phi) is 3.45. The predicted molar refractivity (Wildman–Crippen MR) is 53.3 cm³/mol. The van der Waals surface area contributed by atoms with Gasteiger partial charge in [0.1, 0.15) is 0 Å². The fourth-order valence-corrected chi connectivity index (χ4v) is 1.03. The van der Waals surface area contributed by atoms with Crippen LogP contribution in [0.15, 0.2) is 43.0 Å². The third-order valence-corrected chi connectivity index (χ3v) is 1.70. The summed E-state index contributed by atoms with van der Waals surface area (Å²) in [6.07, 6.45) is 3.33. The molecule has 0 saturated carbocycles. The number of benzene rings is 1. The van der Waals surface area contributed by atoms with Crippen molar-refractivity contribution >= 4 is 5.91 Å². The second-order valence-corrected chi connectivity index (χ2v) is 2.67. The number of amides is 1. The average Bonchev–Trinajstić information content (AvgIpc) is 2.26. The van der Waals surface area contributed by atoms with Crippen molar-refractivity contribution in [1.82, 2.24) is 4.90 Å². The minimum absolute atomic E-state index is 0.240. The number of rotatable bonds is 3. The molecule has 0 saturated heterocycles. The van der Waals surface area contributed by atoms with Crippen molar-refractivity contribution in [2.75, 3.05) is 6.54 Å². The van der Waals surface area contributed by atoms with Crippen LogP contribution >= 0.6 is 0 Å². The maximum Gasteiger partial charge on any atom is 0.267 e. The van der Waals surface area contributed by atoms with Crippen LogP contribution in [0.1, 0.15) is 10.4 Å². The summed E-state index contributed by atoms with van der Waals surface area (Å²) < 4.78 is 0. The van der Waals surface area contributed by atoms with Crippen LogP contribution in [0, 0.1) is 11.5 Å². The van der Waals surface area contributed by atoms with Crippen molar-refractivity contribution in [3.8, 4) is 6.19 Å². The second-order valence-electron chi connectivity index (χ2n) is 2.67. The van der Waals surface area contributed by atoms with Crippen molar-refractivity contribution in [3.05, 3.63) is 48.6 Å². The number of carbonyl (C=O) groups is 1. The van der Waals surface area contributed by atoms with Gasteiger partial charge in [-0.25, -0.2) is 4.90 Å². The molecule has 0 atom stereocenters. The molecule has 70 valence electrons. The summed E-state index contributed by atoms with van der Waals surface area (Å²) in [7, 11) is 0. The van der Waals surface area contributed by atoms with E-state index in [2.05, 4.69) is 6.58 Å². The molecular formula is C11H10N2O. The fourth-order valence-electron chi connectivity index (χ4n) is 1.03. The quantitative estimate of drug-likeness (QED) is 0.410. The monoisotopic (exact) mass is 186 g/mol. The van der Waals surface area contributed by atoms with E-state index in [0.717, 1.165) is 4.90 Å². The first-order valence-corrected chi connectivity index (χ1v) is 4.17. The van der Waals surface area contributed by atoms with E-state index in [1.165, 1.54) is 6.08 Å². The van der Waals surface area contributed by atoms with Crippen LogP contribution < -0.4 is 0 Å². The Bertz CT molecular complexity index is 365. The lowest BCUT2D eigenvalue weighted by Gasteiger charge is -2.10. The van der Waals surface area contributed by atoms with E-state index >= 15 is 0 Å². The van der Waals surface area contributed by atoms with E-state index in [1.807, 2.05) is 12.3 Å². The largest absolute Gasteiger partial charge is 0.268 e. The Morgan fingerprint density at radius 1 is 1.50 bits per heavy atom. The minimum atomic E-state index is -0.298. The number of hydrogen-bond donors (Lipinski definition) is 0. The molecule has 0 N–H and O–H groups in total. The third-order valence-electron chi connectivity index (χ3n) is 1.70. The van der Waals surface area contributed by atoms with Gasteiger partial charge in [-0.15, -0.1) is 6.58 Å². The Hall–Kier alpha value is -2.08. The first kappa shape index (κ1) is 10.0. The van der Waals surface area contributed by atoms with Gasteiger partial charge in [0.2, 0.25) is 0 Å². The van der Waals surface area contributed by atoms with Gasteiger partial charge in [0.15, 0.2) is 6.19 Å². The predicted octanol–water partition coefficient (Wildman–Crippen LogP) is 1.80. The van der Waals surface area contributed by atoms with Crippen LogP contribution in [-0.2, 0) is 0 Å². The van der Waals surface area contributed by atoms with E-state index < -0.39 is 0 Å². The van der Waals surface area contributed by atoms with Crippen LogP contribution in [0.5, 0.6) is 0 Å². The zero-order valence-corrected chi connectivity index (χ0v) is 7.68. The molecule has 0 aliphatic rings. The maximum absolute atomic E-state index is 11.6. The molecule has 0 bridgehead atoms. The molecule has 1 aromatic rings. The minimum Gasteiger partial charge on any atom is -0.268 e. The van der Waals surface area contributed by atoms with Crippen LogP contribution in [-0.4, -0.2) is 17.4 Å². The SMILES string of the molecule is C=CCN(C#N)C(=O)c1ccccc1. The van der Waals surface area contributed by atoms with E-state index in [1.54, 1.807) is 24.3 Å². The van der Waals surface area contributed by atoms with E-state index in [-0.39, 0.29) is 12.5 Å². The van der Waals surface area contributed by atoms with E-state index in [0.29, 0.717) is 5.56 Å². The Morgan fingerprint density at radius 3 is 2.64 bits per heavy atom. The van der Waals surface area contributed by atoms with E-state index in [4.69, 9.17) is 5.26 Å². The lowest BCUT2D eigenvalue weighted by Crippen LogP contribution is -2.25. The first-order chi connectivity index (χ1) is 6.79. The normalized spacial score (nSPS) is 8.79. The van der Waals surface area contributed by atoms with Crippen molar-refractivity contribution in [3.63, 3.8) is 0 Å². The molecule has 3 nitrogen and oxygen atoms in total. The van der Waals surface area contributed by atoms with Gasteiger partial charge in [0.25, 0.3) is 5.91 Å². The number of carbonyl (C=O) groups excluding carboxylic acids is 1. The maximum atomic E-state index is 11.6. The summed E-state index contributed by atoms with van der Waals surface area (Å²) in [5, 5.41) is 8.70. The summed E-state index contributed by atoms with van der Waals surface area (Å²) in [5.41, 5.74) is 0.510. The Balaban J connectivity index is 2.85. The van der Waals surface area contributed by atoms with Gasteiger partial charge in [-0.05, 0) is 12.1 Å². The fraction of sp³-hybridized carbons (Fsp3) is 0.0909. The molecule has 0 spiro atoms. The number of nitriles is 1. The summed E-state index contributed by atoms with van der Waals surface area (Å²) in [6.45, 7) is 3.72. The summed E-state index contributed by atoms with van der Waals surface area (Å²) in [6, 6.07) is 8.69. The highest BCUT2D eigenvalue weighted by Crippen LogP contribution is 2.03. The van der Waals surface area contributed by atoms with Gasteiger partial charge in [0.05, 0.1) is 6.54 Å². The van der Waals surface area contributed by atoms with Crippen LogP contribution in [0.3, 0.4) is 0 Å². The molecule has 1 aromatic carbocycles. The van der Waals surface area contributed by atoms with E-state index in [9.17, 15) is 4.79 Å². The van der Waals surface area contributed by atoms with Crippen LogP contribution in [0.4, 0.5) is 0 Å². The molecular weight excluding hydrogens is 176 g/mol. The van der Waals surface area contributed by atoms with Gasteiger partial charge in [-0.3, -0.25) is 4.79 Å². The summed E-state index contributed by atoms with van der Waals surface area (Å²) in [4.78, 5) is 12.7. The van der Waals surface area contributed by atoms with Crippen LogP contribution in [0.2, 0.25) is 0 Å². The third kappa shape index (κ3) is 2.20.